The van der Waals surface area contributed by atoms with Gasteiger partial charge in [0.25, 0.3) is 0 Å². The lowest BCUT2D eigenvalue weighted by Crippen LogP contribution is -2.30. The Hall–Kier alpha value is -2.89. The highest BCUT2D eigenvalue weighted by molar-refractivity contribution is 6.43. The highest BCUT2D eigenvalue weighted by Gasteiger charge is 2.15. The SMILES string of the molecule is O=C(Nc1ccc(N2CCCCC2)cc1)C(=O)Nc1cccnc1. The van der Waals surface area contributed by atoms with Gasteiger partial charge in [-0.1, -0.05) is 0 Å². The fourth-order valence-corrected chi connectivity index (χ4v) is 2.72. The number of aromatic nitrogens is 1. The quantitative estimate of drug-likeness (QED) is 0.851. The van der Waals surface area contributed by atoms with E-state index < -0.39 is 11.8 Å². The summed E-state index contributed by atoms with van der Waals surface area (Å²) in [5.41, 5.74) is 2.23. The second-order valence-corrected chi connectivity index (χ2v) is 5.74. The maximum atomic E-state index is 11.9. The van der Waals surface area contributed by atoms with Crippen LogP contribution in [0.5, 0.6) is 0 Å². The lowest BCUT2D eigenvalue weighted by Gasteiger charge is -2.28. The van der Waals surface area contributed by atoms with E-state index in [-0.39, 0.29) is 0 Å². The molecule has 0 saturated carbocycles. The van der Waals surface area contributed by atoms with Crippen LogP contribution in [-0.2, 0) is 9.59 Å². The van der Waals surface area contributed by atoms with E-state index >= 15 is 0 Å². The van der Waals surface area contributed by atoms with Gasteiger partial charge >= 0.3 is 11.8 Å². The number of hydrogen-bond acceptors (Lipinski definition) is 4. The van der Waals surface area contributed by atoms with Crippen molar-refractivity contribution in [2.75, 3.05) is 28.6 Å². The molecule has 1 aromatic heterocycles. The summed E-state index contributed by atoms with van der Waals surface area (Å²) in [6.07, 6.45) is 6.80. The van der Waals surface area contributed by atoms with Crippen LogP contribution in [-0.4, -0.2) is 29.9 Å². The van der Waals surface area contributed by atoms with Gasteiger partial charge < -0.3 is 15.5 Å². The lowest BCUT2D eigenvalue weighted by atomic mass is 10.1. The average molecular weight is 324 g/mol. The molecule has 0 atom stereocenters. The number of rotatable bonds is 3. The number of nitrogens with zero attached hydrogens (tertiary/aromatic N) is 2. The van der Waals surface area contributed by atoms with Gasteiger partial charge in [-0.3, -0.25) is 14.6 Å². The van der Waals surface area contributed by atoms with E-state index in [1.54, 1.807) is 18.3 Å². The zero-order valence-electron chi connectivity index (χ0n) is 13.4. The van der Waals surface area contributed by atoms with Crippen LogP contribution in [0, 0.1) is 0 Å². The molecule has 1 fully saturated rings. The minimum Gasteiger partial charge on any atom is -0.372 e. The monoisotopic (exact) mass is 324 g/mol. The number of carbonyl (C=O) groups excluding carboxylic acids is 2. The van der Waals surface area contributed by atoms with Gasteiger partial charge in [0.15, 0.2) is 0 Å². The normalized spacial score (nSPS) is 14.1. The molecule has 6 nitrogen and oxygen atoms in total. The summed E-state index contributed by atoms with van der Waals surface area (Å²) in [5.74, 6) is -1.42. The van der Waals surface area contributed by atoms with Gasteiger partial charge in [0.2, 0.25) is 0 Å². The first-order chi connectivity index (χ1) is 11.7. The maximum Gasteiger partial charge on any atom is 0.314 e. The van der Waals surface area contributed by atoms with Crippen LogP contribution in [0.25, 0.3) is 0 Å². The number of nitrogens with one attached hydrogen (secondary N) is 2. The van der Waals surface area contributed by atoms with Gasteiger partial charge in [0.1, 0.15) is 0 Å². The Morgan fingerprint density at radius 1 is 0.875 bits per heavy atom. The second-order valence-electron chi connectivity index (χ2n) is 5.74. The van der Waals surface area contributed by atoms with E-state index in [0.717, 1.165) is 18.8 Å². The summed E-state index contributed by atoms with van der Waals surface area (Å²) < 4.78 is 0. The molecule has 1 aliphatic heterocycles. The van der Waals surface area contributed by atoms with Crippen LogP contribution in [0.2, 0.25) is 0 Å². The molecular formula is C18H20N4O2. The minimum atomic E-state index is -0.719. The zero-order valence-corrected chi connectivity index (χ0v) is 13.4. The third kappa shape index (κ3) is 4.10. The van der Waals surface area contributed by atoms with Gasteiger partial charge in [0, 0.05) is 30.7 Å². The molecule has 2 aromatic rings. The van der Waals surface area contributed by atoms with Crippen molar-refractivity contribution in [2.45, 2.75) is 19.3 Å². The van der Waals surface area contributed by atoms with E-state index in [9.17, 15) is 9.59 Å². The molecule has 2 N–H and O–H groups in total. The Morgan fingerprint density at radius 2 is 1.54 bits per heavy atom. The van der Waals surface area contributed by atoms with Gasteiger partial charge in [-0.05, 0) is 55.7 Å². The third-order valence-electron chi connectivity index (χ3n) is 3.97. The van der Waals surface area contributed by atoms with Crippen molar-refractivity contribution in [1.29, 1.82) is 0 Å². The molecule has 0 unspecified atom stereocenters. The highest BCUT2D eigenvalue weighted by atomic mass is 16.2. The second kappa shape index (κ2) is 7.59. The number of hydrogen-bond donors (Lipinski definition) is 2. The van der Waals surface area contributed by atoms with Crippen molar-refractivity contribution in [2.24, 2.45) is 0 Å². The van der Waals surface area contributed by atoms with E-state index in [4.69, 9.17) is 0 Å². The van der Waals surface area contributed by atoms with E-state index in [0.29, 0.717) is 11.4 Å². The van der Waals surface area contributed by atoms with Crippen molar-refractivity contribution in [1.82, 2.24) is 4.98 Å². The molecule has 6 heteroatoms. The van der Waals surface area contributed by atoms with E-state index in [2.05, 4.69) is 20.5 Å². The molecule has 0 bridgehead atoms. The first kappa shape index (κ1) is 16.0. The lowest BCUT2D eigenvalue weighted by molar-refractivity contribution is -0.133. The van der Waals surface area contributed by atoms with Crippen molar-refractivity contribution in [3.8, 4) is 0 Å². The molecule has 0 radical (unpaired) electrons. The Balaban J connectivity index is 1.57. The Morgan fingerprint density at radius 3 is 2.17 bits per heavy atom. The van der Waals surface area contributed by atoms with Gasteiger partial charge in [0.05, 0.1) is 11.9 Å². The average Bonchev–Trinajstić information content (AvgIpc) is 2.64. The van der Waals surface area contributed by atoms with Crippen LogP contribution < -0.4 is 15.5 Å². The first-order valence-electron chi connectivity index (χ1n) is 8.10. The summed E-state index contributed by atoms with van der Waals surface area (Å²) in [6, 6.07) is 10.9. The van der Waals surface area contributed by atoms with Crippen molar-refractivity contribution in [3.05, 3.63) is 48.8 Å². The molecular weight excluding hydrogens is 304 g/mol. The van der Waals surface area contributed by atoms with Gasteiger partial charge in [-0.15, -0.1) is 0 Å². The van der Waals surface area contributed by atoms with Crippen LogP contribution >= 0.6 is 0 Å². The Kier molecular flexibility index (Phi) is 5.05. The standard InChI is InChI=1S/C18H20N4O2/c23-17(18(24)21-15-5-4-10-19-13-15)20-14-6-8-16(9-7-14)22-11-2-1-3-12-22/h4-10,13H,1-3,11-12H2,(H,20,23)(H,21,24). The fraction of sp³-hybridized carbons (Fsp3) is 0.278. The number of carbonyl (C=O) groups is 2. The molecule has 24 heavy (non-hydrogen) atoms. The summed E-state index contributed by atoms with van der Waals surface area (Å²) in [5, 5.41) is 5.11. The summed E-state index contributed by atoms with van der Waals surface area (Å²) >= 11 is 0. The molecule has 2 heterocycles. The Labute approximate surface area is 140 Å². The maximum absolute atomic E-state index is 11.9. The number of amides is 2. The van der Waals surface area contributed by atoms with Crippen molar-refractivity contribution >= 4 is 28.9 Å². The minimum absolute atomic E-state index is 0.484. The smallest absolute Gasteiger partial charge is 0.314 e. The Bertz CT molecular complexity index is 695. The predicted octanol–water partition coefficient (Wildman–Crippen LogP) is 2.65. The zero-order chi connectivity index (χ0) is 16.8. The predicted molar refractivity (Wildman–Crippen MR) is 94.0 cm³/mol. The number of piperidine rings is 1. The number of anilines is 3. The molecule has 1 aliphatic rings. The topological polar surface area (TPSA) is 74.3 Å². The molecule has 3 rings (SSSR count). The number of benzene rings is 1. The molecule has 1 saturated heterocycles. The van der Waals surface area contributed by atoms with Crippen molar-refractivity contribution in [3.63, 3.8) is 0 Å². The molecule has 1 aromatic carbocycles. The van der Waals surface area contributed by atoms with Gasteiger partial charge in [-0.25, -0.2) is 0 Å². The summed E-state index contributed by atoms with van der Waals surface area (Å²) in [6.45, 7) is 2.14. The summed E-state index contributed by atoms with van der Waals surface area (Å²) in [4.78, 5) is 30.0. The summed E-state index contributed by atoms with van der Waals surface area (Å²) in [7, 11) is 0. The van der Waals surface area contributed by atoms with E-state index in [1.165, 1.54) is 25.5 Å². The fourth-order valence-electron chi connectivity index (χ4n) is 2.72. The highest BCUT2D eigenvalue weighted by Crippen LogP contribution is 2.21. The van der Waals surface area contributed by atoms with Crippen LogP contribution in [0.3, 0.4) is 0 Å². The third-order valence-corrected chi connectivity index (χ3v) is 3.97. The largest absolute Gasteiger partial charge is 0.372 e. The van der Waals surface area contributed by atoms with Crippen molar-refractivity contribution < 1.29 is 9.59 Å². The molecule has 124 valence electrons. The van der Waals surface area contributed by atoms with E-state index in [1.807, 2.05) is 24.3 Å². The molecule has 2 amide bonds. The van der Waals surface area contributed by atoms with Gasteiger partial charge in [-0.2, -0.15) is 0 Å². The molecule has 0 spiro atoms. The van der Waals surface area contributed by atoms with Crippen LogP contribution in [0.4, 0.5) is 17.1 Å². The first-order valence-corrected chi connectivity index (χ1v) is 8.10. The van der Waals surface area contributed by atoms with Crippen LogP contribution in [0.15, 0.2) is 48.8 Å². The van der Waals surface area contributed by atoms with Crippen LogP contribution in [0.1, 0.15) is 19.3 Å². The molecule has 0 aliphatic carbocycles. The number of pyridine rings is 1.